The van der Waals surface area contributed by atoms with Gasteiger partial charge in [-0.1, -0.05) is 23.8 Å². The van der Waals surface area contributed by atoms with Crippen LogP contribution in [0, 0.1) is 5.92 Å². The number of benzene rings is 2. The highest BCUT2D eigenvalue weighted by Crippen LogP contribution is 2.30. The summed E-state index contributed by atoms with van der Waals surface area (Å²) in [6.07, 6.45) is 7.24. The van der Waals surface area contributed by atoms with Gasteiger partial charge in [0.2, 0.25) is 11.8 Å². The summed E-state index contributed by atoms with van der Waals surface area (Å²) in [4.78, 5) is 8.85. The summed E-state index contributed by atoms with van der Waals surface area (Å²) in [5.41, 5.74) is 4.80. The van der Waals surface area contributed by atoms with Gasteiger partial charge in [-0.15, -0.1) is 0 Å². The predicted molar refractivity (Wildman–Crippen MR) is 127 cm³/mol. The monoisotopic (exact) mass is 428 g/mol. The van der Waals surface area contributed by atoms with Gasteiger partial charge in [-0.25, -0.2) is 4.98 Å². The molecule has 3 aromatic rings. The third-order valence-corrected chi connectivity index (χ3v) is 5.88. The molecule has 0 saturated carbocycles. The number of hydrogen-bond donors (Lipinski definition) is 2. The third kappa shape index (κ3) is 5.08. The molecule has 164 valence electrons. The zero-order valence-corrected chi connectivity index (χ0v) is 18.3. The molecule has 2 aromatic carbocycles. The molecule has 6 nitrogen and oxygen atoms in total. The number of nitrogens with zero attached hydrogens (tertiary/aromatic N) is 2. The van der Waals surface area contributed by atoms with Crippen molar-refractivity contribution in [3.63, 3.8) is 0 Å². The summed E-state index contributed by atoms with van der Waals surface area (Å²) < 4.78 is 12.0. The van der Waals surface area contributed by atoms with Crippen molar-refractivity contribution in [1.29, 1.82) is 0 Å². The van der Waals surface area contributed by atoms with Gasteiger partial charge in [0.25, 0.3) is 0 Å². The zero-order valence-electron chi connectivity index (χ0n) is 18.3. The van der Waals surface area contributed by atoms with E-state index in [0.29, 0.717) is 17.7 Å². The number of nitrogens with one attached hydrogen (secondary N) is 2. The molecule has 0 spiro atoms. The lowest BCUT2D eigenvalue weighted by molar-refractivity contribution is 0.215. The van der Waals surface area contributed by atoms with Gasteiger partial charge in [-0.05, 0) is 80.6 Å². The predicted octanol–water partition coefficient (Wildman–Crippen LogP) is 5.35. The molecule has 1 aromatic heterocycles. The smallest absolute Gasteiger partial charge is 0.230 e. The second-order valence-corrected chi connectivity index (χ2v) is 8.51. The topological polar surface area (TPSA) is 68.3 Å². The van der Waals surface area contributed by atoms with Crippen molar-refractivity contribution < 1.29 is 9.47 Å². The Morgan fingerprint density at radius 2 is 1.97 bits per heavy atom. The molecular formula is C26H28N4O2. The van der Waals surface area contributed by atoms with Gasteiger partial charge in [0.15, 0.2) is 0 Å². The van der Waals surface area contributed by atoms with E-state index in [1.807, 2.05) is 30.3 Å². The molecule has 1 saturated heterocycles. The van der Waals surface area contributed by atoms with E-state index in [2.05, 4.69) is 45.7 Å². The van der Waals surface area contributed by atoms with Crippen molar-refractivity contribution in [3.05, 3.63) is 71.4 Å². The van der Waals surface area contributed by atoms with E-state index in [1.165, 1.54) is 29.5 Å². The fourth-order valence-corrected chi connectivity index (χ4v) is 4.18. The first-order valence-corrected chi connectivity index (χ1v) is 11.2. The second kappa shape index (κ2) is 9.40. The van der Waals surface area contributed by atoms with Crippen molar-refractivity contribution in [1.82, 2.24) is 15.3 Å². The quantitative estimate of drug-likeness (QED) is 0.529. The number of piperidine rings is 1. The Balaban J connectivity index is 1.23. The SMILES string of the molecule is CC1=Cc2cc(Oc3ccnc(Nc4cccc(OCC5CCNCC5)c4)n3)ccc2C1. The molecule has 0 atom stereocenters. The molecule has 1 fully saturated rings. The Morgan fingerprint density at radius 1 is 1.06 bits per heavy atom. The normalized spacial score (nSPS) is 15.7. The lowest BCUT2D eigenvalue weighted by Crippen LogP contribution is -2.30. The minimum absolute atomic E-state index is 0.481. The molecule has 0 bridgehead atoms. The molecule has 0 amide bonds. The zero-order chi connectivity index (χ0) is 21.8. The molecule has 5 rings (SSSR count). The first-order valence-electron chi connectivity index (χ1n) is 11.2. The van der Waals surface area contributed by atoms with E-state index in [4.69, 9.17) is 9.47 Å². The summed E-state index contributed by atoms with van der Waals surface area (Å²) >= 11 is 0. The Morgan fingerprint density at radius 3 is 2.88 bits per heavy atom. The van der Waals surface area contributed by atoms with Crippen LogP contribution in [0.5, 0.6) is 17.4 Å². The molecule has 1 aliphatic heterocycles. The summed E-state index contributed by atoms with van der Waals surface area (Å²) in [5, 5.41) is 6.64. The Labute approximate surface area is 188 Å². The number of aromatic nitrogens is 2. The van der Waals surface area contributed by atoms with Crippen LogP contribution in [0.4, 0.5) is 11.6 Å². The number of rotatable bonds is 7. The number of hydrogen-bond acceptors (Lipinski definition) is 6. The molecule has 6 heteroatoms. The average molecular weight is 429 g/mol. The molecule has 2 heterocycles. The molecule has 2 aliphatic rings. The largest absolute Gasteiger partial charge is 0.493 e. The number of allylic oxidation sites excluding steroid dienone is 1. The van der Waals surface area contributed by atoms with E-state index in [9.17, 15) is 0 Å². The van der Waals surface area contributed by atoms with E-state index >= 15 is 0 Å². The van der Waals surface area contributed by atoms with Crippen molar-refractivity contribution >= 4 is 17.7 Å². The van der Waals surface area contributed by atoms with Gasteiger partial charge in [-0.3, -0.25) is 0 Å². The van der Waals surface area contributed by atoms with Crippen LogP contribution in [0.3, 0.4) is 0 Å². The van der Waals surface area contributed by atoms with E-state index in [-0.39, 0.29) is 0 Å². The Hall–Kier alpha value is -3.38. The van der Waals surface area contributed by atoms with Gasteiger partial charge < -0.3 is 20.1 Å². The lowest BCUT2D eigenvalue weighted by Gasteiger charge is -2.22. The minimum Gasteiger partial charge on any atom is -0.493 e. The van der Waals surface area contributed by atoms with Crippen molar-refractivity contribution in [2.24, 2.45) is 5.92 Å². The van der Waals surface area contributed by atoms with Crippen LogP contribution in [-0.4, -0.2) is 29.7 Å². The summed E-state index contributed by atoms with van der Waals surface area (Å²) in [7, 11) is 0. The number of ether oxygens (including phenoxy) is 2. The molecule has 0 unspecified atom stereocenters. The highest BCUT2D eigenvalue weighted by Gasteiger charge is 2.14. The maximum atomic E-state index is 6.03. The Bertz CT molecular complexity index is 1120. The van der Waals surface area contributed by atoms with Gasteiger partial charge >= 0.3 is 0 Å². The third-order valence-electron chi connectivity index (χ3n) is 5.88. The van der Waals surface area contributed by atoms with Crippen LogP contribution in [0.25, 0.3) is 6.08 Å². The van der Waals surface area contributed by atoms with Crippen LogP contribution in [-0.2, 0) is 6.42 Å². The highest BCUT2D eigenvalue weighted by atomic mass is 16.5. The van der Waals surface area contributed by atoms with Crippen LogP contribution < -0.4 is 20.1 Å². The van der Waals surface area contributed by atoms with Crippen LogP contribution in [0.1, 0.15) is 30.9 Å². The molecule has 0 radical (unpaired) electrons. The highest BCUT2D eigenvalue weighted by molar-refractivity contribution is 5.65. The molecule has 2 N–H and O–H groups in total. The van der Waals surface area contributed by atoms with Gasteiger partial charge in [-0.2, -0.15) is 4.98 Å². The van der Waals surface area contributed by atoms with Gasteiger partial charge in [0.1, 0.15) is 11.5 Å². The molecule has 32 heavy (non-hydrogen) atoms. The van der Waals surface area contributed by atoms with Crippen molar-refractivity contribution in [2.45, 2.75) is 26.2 Å². The first kappa shape index (κ1) is 20.5. The fourth-order valence-electron chi connectivity index (χ4n) is 4.18. The number of fused-ring (bicyclic) bond motifs is 1. The summed E-state index contributed by atoms with van der Waals surface area (Å²) in [6, 6.07) is 15.8. The second-order valence-electron chi connectivity index (χ2n) is 8.51. The fraction of sp³-hybridized carbons (Fsp3) is 0.308. The van der Waals surface area contributed by atoms with E-state index < -0.39 is 0 Å². The molecule has 1 aliphatic carbocycles. The first-order chi connectivity index (χ1) is 15.7. The minimum atomic E-state index is 0.481. The van der Waals surface area contributed by atoms with Gasteiger partial charge in [0, 0.05) is 24.0 Å². The summed E-state index contributed by atoms with van der Waals surface area (Å²) in [6.45, 7) is 5.05. The van der Waals surface area contributed by atoms with E-state index in [1.54, 1.807) is 12.3 Å². The lowest BCUT2D eigenvalue weighted by atomic mass is 9.99. The average Bonchev–Trinajstić information content (AvgIpc) is 3.18. The summed E-state index contributed by atoms with van der Waals surface area (Å²) in [5.74, 6) is 3.22. The maximum absolute atomic E-state index is 6.03. The van der Waals surface area contributed by atoms with Crippen LogP contribution in [0.2, 0.25) is 0 Å². The van der Waals surface area contributed by atoms with Crippen LogP contribution >= 0.6 is 0 Å². The van der Waals surface area contributed by atoms with Crippen LogP contribution in [0.15, 0.2) is 60.3 Å². The molecular weight excluding hydrogens is 400 g/mol. The maximum Gasteiger partial charge on any atom is 0.230 e. The van der Waals surface area contributed by atoms with Gasteiger partial charge in [0.05, 0.1) is 6.61 Å². The van der Waals surface area contributed by atoms with E-state index in [0.717, 1.165) is 43.3 Å². The van der Waals surface area contributed by atoms with Crippen molar-refractivity contribution in [3.8, 4) is 17.4 Å². The number of anilines is 2. The van der Waals surface area contributed by atoms with Crippen molar-refractivity contribution in [2.75, 3.05) is 25.0 Å². The standard InChI is InChI=1S/C26H28N4O2/c1-18-13-20-5-6-24(15-21(20)14-18)32-25-9-12-28-26(30-25)29-22-3-2-4-23(16-22)31-17-19-7-10-27-11-8-19/h2-6,9,12,14-16,19,27H,7-8,10-11,13,17H2,1H3,(H,28,29,30). The Kier molecular flexibility index (Phi) is 6.03.